The Balaban J connectivity index is 1.25. The van der Waals surface area contributed by atoms with Crippen LogP contribution in [-0.2, 0) is 6.42 Å². The van der Waals surface area contributed by atoms with Crippen molar-refractivity contribution in [3.8, 4) is 11.3 Å². The van der Waals surface area contributed by atoms with Crippen LogP contribution in [0.3, 0.4) is 0 Å². The minimum Gasteiger partial charge on any atom is -0.460 e. The summed E-state index contributed by atoms with van der Waals surface area (Å²) in [6.07, 6.45) is 14.0. The predicted octanol–water partition coefficient (Wildman–Crippen LogP) is 10.4. The number of aryl methyl sites for hydroxylation is 1. The van der Waals surface area contributed by atoms with E-state index in [-0.39, 0.29) is 5.92 Å². The number of hydrogen-bond acceptors (Lipinski definition) is 3. The van der Waals surface area contributed by atoms with Crippen LogP contribution >= 0.6 is 0 Å². The Morgan fingerprint density at radius 2 is 1.37 bits per heavy atom. The van der Waals surface area contributed by atoms with Gasteiger partial charge in [0.25, 0.3) is 0 Å². The van der Waals surface area contributed by atoms with E-state index in [2.05, 4.69) is 127 Å². The number of furan rings is 1. The average molecular weight is 553 g/mol. The Morgan fingerprint density at radius 1 is 0.674 bits per heavy atom. The monoisotopic (exact) mass is 552 g/mol. The number of fused-ring (bicyclic) bond motifs is 9. The molecule has 2 aliphatic carbocycles. The lowest BCUT2D eigenvalue weighted by Gasteiger charge is -2.22. The normalized spacial score (nSPS) is 16.3. The molecule has 43 heavy (non-hydrogen) atoms. The van der Waals surface area contributed by atoms with Gasteiger partial charge in [0.1, 0.15) is 11.3 Å². The smallest absolute Gasteiger partial charge is 0.142 e. The second kappa shape index (κ2) is 9.64. The van der Waals surface area contributed by atoms with Crippen LogP contribution < -0.4 is 0 Å². The zero-order valence-corrected chi connectivity index (χ0v) is 23.6. The summed E-state index contributed by atoms with van der Waals surface area (Å²) in [5.74, 6) is 1.16. The Hall–Kier alpha value is -5.28. The third-order valence-corrected chi connectivity index (χ3v) is 9.06. The van der Waals surface area contributed by atoms with Crippen molar-refractivity contribution in [3.63, 3.8) is 0 Å². The van der Waals surface area contributed by atoms with E-state index in [9.17, 15) is 0 Å². The third-order valence-electron chi connectivity index (χ3n) is 9.06. The van der Waals surface area contributed by atoms with E-state index >= 15 is 0 Å². The molecule has 0 amide bonds. The lowest BCUT2D eigenvalue weighted by Crippen LogP contribution is -2.08. The molecular weight excluding hydrogens is 524 g/mol. The molecule has 0 fully saturated rings. The van der Waals surface area contributed by atoms with Gasteiger partial charge < -0.3 is 4.42 Å². The summed E-state index contributed by atoms with van der Waals surface area (Å²) in [6.45, 7) is 0. The van der Waals surface area contributed by atoms with E-state index in [0.717, 1.165) is 69.4 Å². The van der Waals surface area contributed by atoms with Crippen molar-refractivity contribution in [1.82, 2.24) is 9.97 Å². The van der Waals surface area contributed by atoms with Gasteiger partial charge >= 0.3 is 0 Å². The first-order chi connectivity index (χ1) is 21.3. The molecule has 0 aliphatic heterocycles. The maximum atomic E-state index is 6.51. The summed E-state index contributed by atoms with van der Waals surface area (Å²) in [7, 11) is 0. The lowest BCUT2D eigenvalue weighted by molar-refractivity contribution is 0.545. The van der Waals surface area contributed by atoms with E-state index in [1.165, 1.54) is 32.9 Å². The van der Waals surface area contributed by atoms with Gasteiger partial charge in [0.2, 0.25) is 0 Å². The highest BCUT2D eigenvalue weighted by Gasteiger charge is 2.25. The van der Waals surface area contributed by atoms with Crippen molar-refractivity contribution in [2.24, 2.45) is 0 Å². The number of nitrogens with zero attached hydrogens (tertiary/aromatic N) is 2. The van der Waals surface area contributed by atoms with Gasteiger partial charge in [-0.05, 0) is 29.2 Å². The van der Waals surface area contributed by atoms with Gasteiger partial charge in [-0.25, -0.2) is 9.97 Å². The Bertz CT molecular complexity index is 2320. The molecule has 5 aromatic carbocycles. The van der Waals surface area contributed by atoms with Crippen LogP contribution in [0.15, 0.2) is 126 Å². The number of para-hydroxylation sites is 1. The minimum absolute atomic E-state index is 0.0667. The molecule has 9 rings (SSSR count). The second-order valence-electron chi connectivity index (χ2n) is 11.6. The molecule has 2 aliphatic rings. The summed E-state index contributed by atoms with van der Waals surface area (Å²) in [5, 5.41) is 5.89. The SMILES string of the molecule is C1=CC(c2nc3c4ccccc4c4ccccc4c3nc2-c2ccccc2)CC(c2cccc3c4c(oc23)CCC=C4)=C1. The topological polar surface area (TPSA) is 38.9 Å². The van der Waals surface area contributed by atoms with Gasteiger partial charge in [-0.15, -0.1) is 0 Å². The first kappa shape index (κ1) is 24.3. The molecule has 3 heteroatoms. The van der Waals surface area contributed by atoms with E-state index in [1.54, 1.807) is 0 Å². The summed E-state index contributed by atoms with van der Waals surface area (Å²) >= 11 is 0. The first-order valence-electron chi connectivity index (χ1n) is 15.1. The number of hydrogen-bond donors (Lipinski definition) is 0. The number of benzene rings is 5. The fourth-order valence-electron chi connectivity index (χ4n) is 7.03. The van der Waals surface area contributed by atoms with Crippen molar-refractivity contribution in [3.05, 3.63) is 144 Å². The molecule has 0 saturated carbocycles. The van der Waals surface area contributed by atoms with E-state index in [0.29, 0.717) is 0 Å². The van der Waals surface area contributed by atoms with Crippen molar-refractivity contribution in [2.75, 3.05) is 0 Å². The van der Waals surface area contributed by atoms with Gasteiger partial charge in [-0.1, -0.05) is 127 Å². The van der Waals surface area contributed by atoms with Gasteiger partial charge in [-0.2, -0.15) is 0 Å². The van der Waals surface area contributed by atoms with Crippen LogP contribution in [0.25, 0.3) is 66.5 Å². The highest BCUT2D eigenvalue weighted by atomic mass is 16.3. The van der Waals surface area contributed by atoms with Gasteiger partial charge in [0, 0.05) is 45.2 Å². The fraction of sp³-hybridized carbons (Fsp3) is 0.100. The van der Waals surface area contributed by atoms with Crippen LogP contribution in [0.2, 0.25) is 0 Å². The molecule has 2 heterocycles. The van der Waals surface area contributed by atoms with Crippen molar-refractivity contribution in [2.45, 2.75) is 25.2 Å². The first-order valence-corrected chi connectivity index (χ1v) is 15.1. The van der Waals surface area contributed by atoms with Crippen LogP contribution in [-0.4, -0.2) is 9.97 Å². The predicted molar refractivity (Wildman–Crippen MR) is 178 cm³/mol. The van der Waals surface area contributed by atoms with Crippen molar-refractivity contribution in [1.29, 1.82) is 0 Å². The Kier molecular flexibility index (Phi) is 5.45. The third kappa shape index (κ3) is 3.81. The largest absolute Gasteiger partial charge is 0.460 e. The zero-order chi connectivity index (χ0) is 28.3. The molecule has 0 N–H and O–H groups in total. The van der Waals surface area contributed by atoms with E-state index < -0.39 is 0 Å². The fourth-order valence-corrected chi connectivity index (χ4v) is 7.03. The number of rotatable bonds is 3. The molecule has 7 aromatic rings. The van der Waals surface area contributed by atoms with Gasteiger partial charge in [0.15, 0.2) is 0 Å². The van der Waals surface area contributed by atoms with Gasteiger partial charge in [-0.3, -0.25) is 0 Å². The van der Waals surface area contributed by atoms with Crippen molar-refractivity contribution < 1.29 is 4.42 Å². The molecule has 0 bridgehead atoms. The second-order valence-corrected chi connectivity index (χ2v) is 11.6. The molecule has 0 radical (unpaired) electrons. The Morgan fingerprint density at radius 3 is 2.16 bits per heavy atom. The van der Waals surface area contributed by atoms with Crippen LogP contribution in [0, 0.1) is 0 Å². The lowest BCUT2D eigenvalue weighted by atomic mass is 9.85. The molecular formula is C40H28N2O. The highest BCUT2D eigenvalue weighted by molar-refractivity contribution is 6.23. The quantitative estimate of drug-likeness (QED) is 0.205. The summed E-state index contributed by atoms with van der Waals surface area (Å²) < 4.78 is 6.51. The van der Waals surface area contributed by atoms with Crippen molar-refractivity contribution >= 4 is 55.2 Å². The van der Waals surface area contributed by atoms with Crippen LogP contribution in [0.1, 0.15) is 41.3 Å². The standard InChI is InChI=1S/C40H28N2O/c1-2-12-25(13-3-1)36-37(42-39-33-20-7-5-17-30(33)29-16-4-6-19-32(29)38(39)41-36)27-15-10-14-26(24-27)28-21-11-22-34-31-18-8-9-23-35(31)43-40(28)34/h1-8,10-22,27H,9,23-24H2. The Labute approximate surface area is 249 Å². The average Bonchev–Trinajstić information content (AvgIpc) is 3.47. The van der Waals surface area contributed by atoms with E-state index in [1.807, 2.05) is 0 Å². The molecule has 1 unspecified atom stereocenters. The number of allylic oxidation sites excluding steroid dienone is 5. The molecule has 2 aromatic heterocycles. The van der Waals surface area contributed by atoms with Crippen LogP contribution in [0.4, 0.5) is 0 Å². The molecule has 204 valence electrons. The summed E-state index contributed by atoms with van der Waals surface area (Å²) in [5.41, 5.74) is 9.60. The summed E-state index contributed by atoms with van der Waals surface area (Å²) in [6, 6.07) is 34.2. The molecule has 0 spiro atoms. The van der Waals surface area contributed by atoms with Gasteiger partial charge in [0.05, 0.1) is 22.4 Å². The number of aromatic nitrogens is 2. The maximum Gasteiger partial charge on any atom is 0.142 e. The summed E-state index contributed by atoms with van der Waals surface area (Å²) in [4.78, 5) is 11.0. The zero-order valence-electron chi connectivity index (χ0n) is 23.6. The molecule has 1 atom stereocenters. The highest BCUT2D eigenvalue weighted by Crippen LogP contribution is 2.43. The minimum atomic E-state index is 0.0667. The molecule has 3 nitrogen and oxygen atoms in total. The molecule has 0 saturated heterocycles. The van der Waals surface area contributed by atoms with E-state index in [4.69, 9.17) is 14.4 Å². The van der Waals surface area contributed by atoms with Crippen LogP contribution in [0.5, 0.6) is 0 Å². The maximum absolute atomic E-state index is 6.51.